The van der Waals surface area contributed by atoms with Gasteiger partial charge in [0.25, 0.3) is 0 Å². The van der Waals surface area contributed by atoms with Crippen LogP contribution in [0.5, 0.6) is 5.75 Å². The standard InChI is InChI=1S/C20H15Cl2FN2O4/c1-3-29-20(27)17-19(26)16(22)18(11-4-6-12(23)7-5-11)25(24-17)15-10-13(28-2)8-9-14(15)21/h4-10H,3H2,1-2H3. The van der Waals surface area contributed by atoms with Crippen molar-refractivity contribution in [1.29, 1.82) is 0 Å². The number of aromatic nitrogens is 2. The van der Waals surface area contributed by atoms with Crippen LogP contribution in [-0.4, -0.2) is 29.5 Å². The highest BCUT2D eigenvalue weighted by Gasteiger charge is 2.24. The number of esters is 1. The van der Waals surface area contributed by atoms with Gasteiger partial charge in [-0.2, -0.15) is 5.10 Å². The summed E-state index contributed by atoms with van der Waals surface area (Å²) in [5, 5.41) is 4.14. The van der Waals surface area contributed by atoms with Crippen molar-refractivity contribution < 1.29 is 18.7 Å². The lowest BCUT2D eigenvalue weighted by molar-refractivity contribution is 0.0515. The molecule has 2 aromatic carbocycles. The van der Waals surface area contributed by atoms with Crippen LogP contribution in [0.15, 0.2) is 47.3 Å². The summed E-state index contributed by atoms with van der Waals surface area (Å²) in [5.41, 5.74) is -0.464. The maximum atomic E-state index is 13.4. The Kier molecular flexibility index (Phi) is 6.20. The van der Waals surface area contributed by atoms with E-state index in [0.29, 0.717) is 17.0 Å². The Morgan fingerprint density at radius 2 is 1.86 bits per heavy atom. The van der Waals surface area contributed by atoms with Crippen LogP contribution in [-0.2, 0) is 4.74 Å². The minimum atomic E-state index is -0.919. The van der Waals surface area contributed by atoms with Crippen LogP contribution in [0.3, 0.4) is 0 Å². The SMILES string of the molecule is CCOC(=O)c1nn(-c2cc(OC)ccc2Cl)c(-c2ccc(F)cc2)c(Cl)c1=O. The van der Waals surface area contributed by atoms with Gasteiger partial charge in [0.1, 0.15) is 16.6 Å². The van der Waals surface area contributed by atoms with Gasteiger partial charge in [-0.05, 0) is 43.3 Å². The van der Waals surface area contributed by atoms with Crippen molar-refractivity contribution in [3.05, 3.63) is 74.2 Å². The molecule has 0 spiro atoms. The maximum Gasteiger partial charge on any atom is 0.362 e. The first-order valence-electron chi connectivity index (χ1n) is 8.47. The zero-order valence-electron chi connectivity index (χ0n) is 15.4. The average Bonchev–Trinajstić information content (AvgIpc) is 2.71. The topological polar surface area (TPSA) is 70.4 Å². The summed E-state index contributed by atoms with van der Waals surface area (Å²) in [6.45, 7) is 1.65. The second-order valence-electron chi connectivity index (χ2n) is 5.80. The number of hydrogen-bond acceptors (Lipinski definition) is 5. The maximum absolute atomic E-state index is 13.4. The van der Waals surface area contributed by atoms with Gasteiger partial charge in [0, 0.05) is 11.6 Å². The number of hydrogen-bond donors (Lipinski definition) is 0. The number of rotatable bonds is 5. The number of carbonyl (C=O) groups is 1. The Bertz CT molecular complexity index is 1130. The van der Waals surface area contributed by atoms with Gasteiger partial charge in [0.05, 0.1) is 30.1 Å². The number of benzene rings is 2. The average molecular weight is 437 g/mol. The molecule has 0 bridgehead atoms. The second-order valence-corrected chi connectivity index (χ2v) is 6.58. The van der Waals surface area contributed by atoms with Gasteiger partial charge in [0.15, 0.2) is 0 Å². The fraction of sp³-hybridized carbons (Fsp3) is 0.150. The van der Waals surface area contributed by atoms with Crippen molar-refractivity contribution in [3.8, 4) is 22.7 Å². The van der Waals surface area contributed by atoms with E-state index in [-0.39, 0.29) is 22.3 Å². The number of methoxy groups -OCH3 is 1. The van der Waals surface area contributed by atoms with Crippen LogP contribution >= 0.6 is 23.2 Å². The molecule has 6 nitrogen and oxygen atoms in total. The molecule has 0 aliphatic heterocycles. The molecule has 0 atom stereocenters. The first-order chi connectivity index (χ1) is 13.9. The molecule has 0 aliphatic carbocycles. The lowest BCUT2D eigenvalue weighted by atomic mass is 10.1. The first-order valence-corrected chi connectivity index (χ1v) is 9.22. The van der Waals surface area contributed by atoms with Crippen LogP contribution in [0.2, 0.25) is 10.0 Å². The zero-order valence-corrected chi connectivity index (χ0v) is 16.9. The Hall–Kier alpha value is -2.90. The highest BCUT2D eigenvalue weighted by atomic mass is 35.5. The lowest BCUT2D eigenvalue weighted by Crippen LogP contribution is -2.25. The molecule has 1 aromatic heterocycles. The van der Waals surface area contributed by atoms with Crippen molar-refractivity contribution in [3.63, 3.8) is 0 Å². The molecule has 0 radical (unpaired) electrons. The number of nitrogens with zero attached hydrogens (tertiary/aromatic N) is 2. The van der Waals surface area contributed by atoms with Crippen LogP contribution < -0.4 is 10.2 Å². The predicted octanol–water partition coefficient (Wildman–Crippen LogP) is 4.53. The number of carbonyl (C=O) groups excluding carboxylic acids is 1. The molecule has 0 saturated carbocycles. The van der Waals surface area contributed by atoms with E-state index in [2.05, 4.69) is 5.10 Å². The molecule has 0 N–H and O–H groups in total. The molecular formula is C20H15Cl2FN2O4. The smallest absolute Gasteiger partial charge is 0.362 e. The van der Waals surface area contributed by atoms with Gasteiger partial charge in [-0.15, -0.1) is 0 Å². The summed E-state index contributed by atoms with van der Waals surface area (Å²) in [5.74, 6) is -0.920. The largest absolute Gasteiger partial charge is 0.497 e. The van der Waals surface area contributed by atoms with Crippen molar-refractivity contribution in [2.24, 2.45) is 0 Å². The number of halogens is 3. The minimum Gasteiger partial charge on any atom is -0.497 e. The van der Waals surface area contributed by atoms with E-state index in [1.165, 1.54) is 36.1 Å². The Labute approximate surface area is 175 Å². The van der Waals surface area contributed by atoms with Crippen LogP contribution in [0, 0.1) is 5.82 Å². The van der Waals surface area contributed by atoms with Crippen LogP contribution in [0.4, 0.5) is 4.39 Å². The summed E-state index contributed by atoms with van der Waals surface area (Å²) in [4.78, 5) is 24.9. The normalized spacial score (nSPS) is 10.7. The van der Waals surface area contributed by atoms with Crippen molar-refractivity contribution >= 4 is 29.2 Å². The fourth-order valence-electron chi connectivity index (χ4n) is 2.65. The molecule has 1 heterocycles. The summed E-state index contributed by atoms with van der Waals surface area (Å²) in [6, 6.07) is 10.1. The fourth-order valence-corrected chi connectivity index (χ4v) is 3.12. The minimum absolute atomic E-state index is 0.0528. The lowest BCUT2D eigenvalue weighted by Gasteiger charge is -2.17. The monoisotopic (exact) mass is 436 g/mol. The van der Waals surface area contributed by atoms with E-state index >= 15 is 0 Å². The van der Waals surface area contributed by atoms with Crippen molar-refractivity contribution in [1.82, 2.24) is 9.78 Å². The number of ether oxygens (including phenoxy) is 2. The molecule has 0 fully saturated rings. The van der Waals surface area contributed by atoms with Gasteiger partial charge < -0.3 is 9.47 Å². The van der Waals surface area contributed by atoms with Gasteiger partial charge in [-0.25, -0.2) is 13.9 Å². The summed E-state index contributed by atoms with van der Waals surface area (Å²) in [6.07, 6.45) is 0. The van der Waals surface area contributed by atoms with Gasteiger partial charge in [-0.3, -0.25) is 4.79 Å². The van der Waals surface area contributed by atoms with Crippen LogP contribution in [0.25, 0.3) is 16.9 Å². The molecule has 29 heavy (non-hydrogen) atoms. The third kappa shape index (κ3) is 4.11. The Morgan fingerprint density at radius 1 is 1.17 bits per heavy atom. The highest BCUT2D eigenvalue weighted by molar-refractivity contribution is 6.34. The molecule has 9 heteroatoms. The van der Waals surface area contributed by atoms with Gasteiger partial charge in [0.2, 0.25) is 11.1 Å². The van der Waals surface area contributed by atoms with E-state index in [4.69, 9.17) is 32.7 Å². The summed E-state index contributed by atoms with van der Waals surface area (Å²) in [7, 11) is 1.48. The van der Waals surface area contributed by atoms with E-state index < -0.39 is 22.9 Å². The summed E-state index contributed by atoms with van der Waals surface area (Å²) < 4.78 is 24.8. The molecule has 3 rings (SSSR count). The zero-order chi connectivity index (χ0) is 21.1. The van der Waals surface area contributed by atoms with E-state index in [1.54, 1.807) is 25.1 Å². The molecule has 0 aliphatic rings. The predicted molar refractivity (Wildman–Crippen MR) is 108 cm³/mol. The molecule has 0 amide bonds. The third-order valence-corrected chi connectivity index (χ3v) is 4.67. The molecular weight excluding hydrogens is 422 g/mol. The molecule has 0 saturated heterocycles. The Morgan fingerprint density at radius 3 is 2.48 bits per heavy atom. The molecule has 0 unspecified atom stereocenters. The van der Waals surface area contributed by atoms with Crippen molar-refractivity contribution in [2.45, 2.75) is 6.92 Å². The second kappa shape index (κ2) is 8.63. The summed E-state index contributed by atoms with van der Waals surface area (Å²) >= 11 is 12.7. The quantitative estimate of drug-likeness (QED) is 0.549. The van der Waals surface area contributed by atoms with Gasteiger partial charge >= 0.3 is 5.97 Å². The van der Waals surface area contributed by atoms with Gasteiger partial charge in [-0.1, -0.05) is 23.2 Å². The van der Waals surface area contributed by atoms with E-state index in [1.807, 2.05) is 0 Å². The first kappa shape index (κ1) is 20.8. The van der Waals surface area contributed by atoms with Crippen molar-refractivity contribution in [2.75, 3.05) is 13.7 Å². The van der Waals surface area contributed by atoms with E-state index in [0.717, 1.165) is 0 Å². The molecule has 150 valence electrons. The van der Waals surface area contributed by atoms with E-state index in [9.17, 15) is 14.0 Å². The third-order valence-electron chi connectivity index (χ3n) is 4.00. The Balaban J connectivity index is 2.38. The van der Waals surface area contributed by atoms with Crippen LogP contribution in [0.1, 0.15) is 17.4 Å². The molecule has 3 aromatic rings. The highest BCUT2D eigenvalue weighted by Crippen LogP contribution is 2.32.